The first-order chi connectivity index (χ1) is 10.3. The Labute approximate surface area is 123 Å². The number of hydrogen-bond acceptors (Lipinski definition) is 3. The number of carbonyl (C=O) groups excluding carboxylic acids is 1. The highest BCUT2D eigenvalue weighted by Crippen LogP contribution is 2.50. The van der Waals surface area contributed by atoms with E-state index in [-0.39, 0.29) is 17.9 Å². The van der Waals surface area contributed by atoms with Gasteiger partial charge in [0.2, 0.25) is 0 Å². The third-order valence-electron chi connectivity index (χ3n) is 4.75. The molecule has 1 aromatic carbocycles. The van der Waals surface area contributed by atoms with Gasteiger partial charge in [0.1, 0.15) is 0 Å². The molecule has 2 aromatic rings. The van der Waals surface area contributed by atoms with Gasteiger partial charge in [-0.05, 0) is 43.9 Å². The highest BCUT2D eigenvalue weighted by Gasteiger charge is 2.50. The second-order valence-corrected chi connectivity index (χ2v) is 6.00. The van der Waals surface area contributed by atoms with E-state index in [1.807, 2.05) is 6.92 Å². The van der Waals surface area contributed by atoms with E-state index in [9.17, 15) is 4.79 Å². The summed E-state index contributed by atoms with van der Waals surface area (Å²) in [6.45, 7) is 3.31. The van der Waals surface area contributed by atoms with Crippen molar-refractivity contribution in [1.29, 1.82) is 0 Å². The molecule has 3 atom stereocenters. The van der Waals surface area contributed by atoms with Crippen molar-refractivity contribution < 1.29 is 9.53 Å². The van der Waals surface area contributed by atoms with Crippen LogP contribution in [-0.4, -0.2) is 24.1 Å². The average molecular weight is 284 g/mol. The zero-order valence-electron chi connectivity index (χ0n) is 12.2. The smallest absolute Gasteiger partial charge is 0.309 e. The van der Waals surface area contributed by atoms with Gasteiger partial charge in [-0.2, -0.15) is 0 Å². The number of esters is 1. The van der Waals surface area contributed by atoms with Gasteiger partial charge >= 0.3 is 5.97 Å². The number of ether oxygens (including phenoxy) is 1. The Morgan fingerprint density at radius 3 is 3.10 bits per heavy atom. The average Bonchev–Trinajstić information content (AvgIpc) is 3.21. The summed E-state index contributed by atoms with van der Waals surface area (Å²) in [6, 6.07) is 8.72. The Hall–Kier alpha value is -1.81. The summed E-state index contributed by atoms with van der Waals surface area (Å²) in [4.78, 5) is 15.4. The maximum Gasteiger partial charge on any atom is 0.309 e. The third kappa shape index (κ3) is 2.05. The molecule has 3 unspecified atom stereocenters. The normalized spacial score (nSPS) is 27.4. The SMILES string of the molecule is CCOC(=O)C1CC1C1NCCc2c1[nH]c1ccccc21. The van der Waals surface area contributed by atoms with Gasteiger partial charge in [-0.15, -0.1) is 0 Å². The van der Waals surface area contributed by atoms with Crippen LogP contribution in [0.5, 0.6) is 0 Å². The Kier molecular flexibility index (Phi) is 3.00. The van der Waals surface area contributed by atoms with Gasteiger partial charge in [-0.3, -0.25) is 4.79 Å². The predicted octanol–water partition coefficient (Wildman–Crippen LogP) is 2.55. The molecule has 1 aliphatic carbocycles. The summed E-state index contributed by atoms with van der Waals surface area (Å²) in [5.41, 5.74) is 3.90. The molecular weight excluding hydrogens is 264 g/mol. The minimum absolute atomic E-state index is 0.0347. The Balaban J connectivity index is 1.64. The van der Waals surface area contributed by atoms with Crippen molar-refractivity contribution in [2.24, 2.45) is 11.8 Å². The van der Waals surface area contributed by atoms with Gasteiger partial charge in [0.25, 0.3) is 0 Å². The number of para-hydroxylation sites is 1. The van der Waals surface area contributed by atoms with Gasteiger partial charge < -0.3 is 15.0 Å². The van der Waals surface area contributed by atoms with Crippen LogP contribution < -0.4 is 5.32 Å². The second-order valence-electron chi connectivity index (χ2n) is 6.00. The number of rotatable bonds is 3. The van der Waals surface area contributed by atoms with E-state index >= 15 is 0 Å². The Bertz CT molecular complexity index is 691. The lowest BCUT2D eigenvalue weighted by molar-refractivity contribution is -0.145. The zero-order chi connectivity index (χ0) is 14.4. The molecular formula is C17H20N2O2. The molecule has 1 saturated carbocycles. The maximum atomic E-state index is 11.9. The van der Waals surface area contributed by atoms with E-state index in [0.717, 1.165) is 19.4 Å². The van der Waals surface area contributed by atoms with Gasteiger partial charge in [-0.25, -0.2) is 0 Å². The fraction of sp³-hybridized carbons (Fsp3) is 0.471. The van der Waals surface area contributed by atoms with Crippen molar-refractivity contribution in [1.82, 2.24) is 10.3 Å². The van der Waals surface area contributed by atoms with Crippen LogP contribution in [0.3, 0.4) is 0 Å². The van der Waals surface area contributed by atoms with Gasteiger partial charge in [0, 0.05) is 16.6 Å². The number of aromatic nitrogens is 1. The Morgan fingerprint density at radius 1 is 1.38 bits per heavy atom. The molecule has 4 rings (SSSR count). The van der Waals surface area contributed by atoms with Crippen molar-refractivity contribution in [3.05, 3.63) is 35.5 Å². The third-order valence-corrected chi connectivity index (χ3v) is 4.75. The minimum atomic E-state index is -0.0347. The van der Waals surface area contributed by atoms with E-state index in [4.69, 9.17) is 4.74 Å². The quantitative estimate of drug-likeness (QED) is 0.852. The molecule has 0 saturated heterocycles. The van der Waals surface area contributed by atoms with E-state index < -0.39 is 0 Å². The van der Waals surface area contributed by atoms with Crippen LogP contribution in [0.2, 0.25) is 0 Å². The first-order valence-corrected chi connectivity index (χ1v) is 7.79. The monoisotopic (exact) mass is 284 g/mol. The van der Waals surface area contributed by atoms with Crippen molar-refractivity contribution in [3.8, 4) is 0 Å². The molecule has 4 heteroatoms. The maximum absolute atomic E-state index is 11.9. The lowest BCUT2D eigenvalue weighted by Gasteiger charge is -2.24. The van der Waals surface area contributed by atoms with Gasteiger partial charge in [0.05, 0.1) is 18.6 Å². The van der Waals surface area contributed by atoms with E-state index in [1.165, 1.54) is 22.2 Å². The number of fused-ring (bicyclic) bond motifs is 3. The number of benzene rings is 1. The van der Waals surface area contributed by atoms with Crippen molar-refractivity contribution >= 4 is 16.9 Å². The number of hydrogen-bond donors (Lipinski definition) is 2. The zero-order valence-corrected chi connectivity index (χ0v) is 12.2. The second kappa shape index (κ2) is 4.88. The molecule has 4 nitrogen and oxygen atoms in total. The van der Waals surface area contributed by atoms with Crippen LogP contribution in [0.4, 0.5) is 0 Å². The number of carbonyl (C=O) groups is 1. The number of nitrogens with one attached hydrogen (secondary N) is 2. The first kappa shape index (κ1) is 12.9. The molecule has 21 heavy (non-hydrogen) atoms. The van der Waals surface area contributed by atoms with E-state index in [0.29, 0.717) is 12.5 Å². The van der Waals surface area contributed by atoms with Crippen LogP contribution in [-0.2, 0) is 16.0 Å². The summed E-state index contributed by atoms with van der Waals surface area (Å²) < 4.78 is 5.16. The minimum Gasteiger partial charge on any atom is -0.466 e. The number of H-pyrrole nitrogens is 1. The number of aromatic amines is 1. The molecule has 0 spiro atoms. The molecule has 0 radical (unpaired) electrons. The van der Waals surface area contributed by atoms with Crippen molar-refractivity contribution in [2.45, 2.75) is 25.8 Å². The molecule has 1 aromatic heterocycles. The van der Waals surface area contributed by atoms with Gasteiger partial charge in [0.15, 0.2) is 0 Å². The first-order valence-electron chi connectivity index (χ1n) is 7.79. The van der Waals surface area contributed by atoms with E-state index in [2.05, 4.69) is 34.6 Å². The molecule has 2 aliphatic rings. The molecule has 0 bridgehead atoms. The predicted molar refractivity (Wildman–Crippen MR) is 81.0 cm³/mol. The van der Waals surface area contributed by atoms with Crippen LogP contribution in [0.1, 0.15) is 30.6 Å². The van der Waals surface area contributed by atoms with Crippen LogP contribution >= 0.6 is 0 Å². The summed E-state index contributed by atoms with van der Waals surface area (Å²) in [6.07, 6.45) is 1.98. The molecule has 2 heterocycles. The van der Waals surface area contributed by atoms with E-state index in [1.54, 1.807) is 0 Å². The van der Waals surface area contributed by atoms with Crippen molar-refractivity contribution in [2.75, 3.05) is 13.2 Å². The molecule has 110 valence electrons. The van der Waals surface area contributed by atoms with Crippen LogP contribution in [0.15, 0.2) is 24.3 Å². The lowest BCUT2D eigenvalue weighted by atomic mass is 9.95. The topological polar surface area (TPSA) is 54.1 Å². The largest absolute Gasteiger partial charge is 0.466 e. The highest BCUT2D eigenvalue weighted by atomic mass is 16.5. The fourth-order valence-electron chi connectivity index (χ4n) is 3.68. The highest BCUT2D eigenvalue weighted by molar-refractivity contribution is 5.85. The van der Waals surface area contributed by atoms with Crippen molar-refractivity contribution in [3.63, 3.8) is 0 Å². The molecule has 1 aliphatic heterocycles. The summed E-state index contributed by atoms with van der Waals surface area (Å²) in [5.74, 6) is 0.406. The fourth-order valence-corrected chi connectivity index (χ4v) is 3.68. The molecule has 0 amide bonds. The summed E-state index contributed by atoms with van der Waals surface area (Å²) in [5, 5.41) is 4.91. The van der Waals surface area contributed by atoms with Gasteiger partial charge in [-0.1, -0.05) is 18.2 Å². The standard InChI is InChI=1S/C17H20N2O2/c1-2-21-17(20)13-9-12(13)15-16-11(7-8-18-15)10-5-3-4-6-14(10)19-16/h3-6,12-13,15,18-19H,2,7-9H2,1H3. The van der Waals surface area contributed by atoms with Crippen LogP contribution in [0.25, 0.3) is 10.9 Å². The summed E-state index contributed by atoms with van der Waals surface area (Å²) >= 11 is 0. The lowest BCUT2D eigenvalue weighted by Crippen LogP contribution is -2.32. The summed E-state index contributed by atoms with van der Waals surface area (Å²) in [7, 11) is 0. The van der Waals surface area contributed by atoms with Crippen LogP contribution in [0, 0.1) is 11.8 Å². The Morgan fingerprint density at radius 2 is 2.24 bits per heavy atom. The molecule has 2 N–H and O–H groups in total. The molecule has 1 fully saturated rings.